The third kappa shape index (κ3) is 3.97. The Morgan fingerprint density at radius 2 is 1.83 bits per heavy atom. The summed E-state index contributed by atoms with van der Waals surface area (Å²) in [6, 6.07) is 9.35. The molecule has 0 aliphatic carbocycles. The van der Waals surface area contributed by atoms with Gasteiger partial charge in [0.05, 0.1) is 23.0 Å². The van der Waals surface area contributed by atoms with Gasteiger partial charge in [-0.3, -0.25) is 20.2 Å². The number of anilines is 1. The van der Waals surface area contributed by atoms with Crippen LogP contribution in [0.4, 0.5) is 17.1 Å². The number of nitrogens with zero attached hydrogens (tertiary/aromatic N) is 2. The second-order valence-corrected chi connectivity index (χ2v) is 5.21. The van der Waals surface area contributed by atoms with Crippen molar-refractivity contribution in [1.82, 2.24) is 0 Å². The Hall–Kier alpha value is -3.16. The zero-order chi connectivity index (χ0) is 17.7. The molecular weight excluding hydrogens is 314 g/mol. The lowest BCUT2D eigenvalue weighted by molar-refractivity contribution is -0.393. The highest BCUT2D eigenvalue weighted by Crippen LogP contribution is 2.29. The zero-order valence-electron chi connectivity index (χ0n) is 13.3. The molecule has 0 aromatic heterocycles. The Morgan fingerprint density at radius 1 is 1.08 bits per heavy atom. The van der Waals surface area contributed by atoms with E-state index in [1.165, 1.54) is 12.1 Å². The summed E-state index contributed by atoms with van der Waals surface area (Å²) in [6.45, 7) is 2.40. The van der Waals surface area contributed by atoms with Crippen molar-refractivity contribution in [2.45, 2.75) is 13.3 Å². The number of aryl methyl sites for hydroxylation is 1. The molecule has 0 heterocycles. The van der Waals surface area contributed by atoms with E-state index in [0.717, 1.165) is 22.9 Å². The fourth-order valence-electron chi connectivity index (χ4n) is 2.37. The van der Waals surface area contributed by atoms with Crippen molar-refractivity contribution in [2.24, 2.45) is 0 Å². The molecule has 0 atom stereocenters. The fourth-order valence-corrected chi connectivity index (χ4v) is 2.37. The number of rotatable bonds is 7. The largest absolute Gasteiger partial charge is 0.496 e. The fraction of sp³-hybridized carbons (Fsp3) is 0.250. The third-order valence-corrected chi connectivity index (χ3v) is 3.53. The predicted molar refractivity (Wildman–Crippen MR) is 89.7 cm³/mol. The van der Waals surface area contributed by atoms with Crippen LogP contribution >= 0.6 is 0 Å². The maximum absolute atomic E-state index is 11.1. The second kappa shape index (κ2) is 7.40. The molecule has 0 aliphatic rings. The van der Waals surface area contributed by atoms with E-state index < -0.39 is 9.85 Å². The average Bonchev–Trinajstić information content (AvgIpc) is 2.55. The first-order chi connectivity index (χ1) is 11.4. The molecule has 0 radical (unpaired) electrons. The van der Waals surface area contributed by atoms with Crippen molar-refractivity contribution in [3.63, 3.8) is 0 Å². The smallest absolute Gasteiger partial charge is 0.299 e. The van der Waals surface area contributed by atoms with Crippen LogP contribution < -0.4 is 10.1 Å². The Labute approximate surface area is 138 Å². The number of nitro groups is 2. The van der Waals surface area contributed by atoms with Gasteiger partial charge >= 0.3 is 0 Å². The van der Waals surface area contributed by atoms with Crippen LogP contribution in [0.2, 0.25) is 0 Å². The van der Waals surface area contributed by atoms with Crippen LogP contribution in [0, 0.1) is 27.2 Å². The Bertz CT molecular complexity index is 776. The van der Waals surface area contributed by atoms with Gasteiger partial charge in [-0.2, -0.15) is 0 Å². The minimum atomic E-state index is -0.658. The summed E-state index contributed by atoms with van der Waals surface area (Å²) in [6.07, 6.45) is 0.596. The van der Waals surface area contributed by atoms with E-state index >= 15 is 0 Å². The minimum absolute atomic E-state index is 0.247. The van der Waals surface area contributed by atoms with Gasteiger partial charge in [-0.15, -0.1) is 0 Å². The minimum Gasteiger partial charge on any atom is -0.496 e. The van der Waals surface area contributed by atoms with Gasteiger partial charge in [0.1, 0.15) is 11.4 Å². The molecule has 0 bridgehead atoms. The molecule has 0 saturated heterocycles. The summed E-state index contributed by atoms with van der Waals surface area (Å²) in [5.41, 5.74) is 1.69. The number of benzene rings is 2. The van der Waals surface area contributed by atoms with Crippen LogP contribution in [-0.2, 0) is 6.42 Å². The molecule has 8 nitrogen and oxygen atoms in total. The zero-order valence-corrected chi connectivity index (χ0v) is 13.3. The topological polar surface area (TPSA) is 108 Å². The van der Waals surface area contributed by atoms with E-state index in [1.807, 2.05) is 25.1 Å². The van der Waals surface area contributed by atoms with Crippen molar-refractivity contribution >= 4 is 17.1 Å². The molecule has 2 aromatic rings. The Morgan fingerprint density at radius 3 is 2.46 bits per heavy atom. The second-order valence-electron chi connectivity index (χ2n) is 5.21. The molecule has 0 spiro atoms. The summed E-state index contributed by atoms with van der Waals surface area (Å²) in [7, 11) is 1.59. The summed E-state index contributed by atoms with van der Waals surface area (Å²) in [5.74, 6) is 0.751. The number of hydrogen-bond acceptors (Lipinski definition) is 6. The molecule has 0 amide bonds. The SMILES string of the molecule is COc1ccc(C)cc1CCNc1ccc([N+](=O)[O-])cc1[N+](=O)[O-]. The molecule has 0 aliphatic heterocycles. The van der Waals surface area contributed by atoms with Crippen LogP contribution in [-0.4, -0.2) is 23.5 Å². The van der Waals surface area contributed by atoms with Crippen LogP contribution in [0.15, 0.2) is 36.4 Å². The number of methoxy groups -OCH3 is 1. The number of nitro benzene ring substituents is 2. The van der Waals surface area contributed by atoms with Gasteiger partial charge in [0.15, 0.2) is 0 Å². The molecule has 1 N–H and O–H groups in total. The first-order valence-electron chi connectivity index (χ1n) is 7.22. The third-order valence-electron chi connectivity index (χ3n) is 3.53. The Balaban J connectivity index is 2.14. The van der Waals surface area contributed by atoms with Gasteiger partial charge in [0, 0.05) is 12.6 Å². The highest BCUT2D eigenvalue weighted by molar-refractivity contribution is 5.65. The van der Waals surface area contributed by atoms with Crippen molar-refractivity contribution in [2.75, 3.05) is 19.0 Å². The molecule has 8 heteroatoms. The molecule has 0 saturated carbocycles. The van der Waals surface area contributed by atoms with E-state index in [4.69, 9.17) is 4.74 Å². The van der Waals surface area contributed by atoms with Gasteiger partial charge in [-0.1, -0.05) is 17.7 Å². The normalized spacial score (nSPS) is 10.2. The highest BCUT2D eigenvalue weighted by atomic mass is 16.6. The number of hydrogen-bond donors (Lipinski definition) is 1. The molecule has 24 heavy (non-hydrogen) atoms. The summed E-state index contributed by atoms with van der Waals surface area (Å²) in [5, 5.41) is 24.8. The van der Waals surface area contributed by atoms with Crippen LogP contribution in [0.5, 0.6) is 5.75 Å². The first-order valence-corrected chi connectivity index (χ1v) is 7.22. The van der Waals surface area contributed by atoms with Crippen molar-refractivity contribution in [3.05, 3.63) is 67.8 Å². The number of nitrogens with one attached hydrogen (secondary N) is 1. The van der Waals surface area contributed by atoms with Crippen LogP contribution in [0.3, 0.4) is 0 Å². The number of non-ortho nitro benzene ring substituents is 1. The average molecular weight is 331 g/mol. The van der Waals surface area contributed by atoms with Gasteiger partial charge in [0.2, 0.25) is 0 Å². The van der Waals surface area contributed by atoms with Crippen molar-refractivity contribution < 1.29 is 14.6 Å². The monoisotopic (exact) mass is 331 g/mol. The van der Waals surface area contributed by atoms with E-state index in [1.54, 1.807) is 7.11 Å². The highest BCUT2D eigenvalue weighted by Gasteiger charge is 2.19. The van der Waals surface area contributed by atoms with Crippen LogP contribution in [0.1, 0.15) is 11.1 Å². The lowest BCUT2D eigenvalue weighted by Crippen LogP contribution is -2.08. The quantitative estimate of drug-likeness (QED) is 0.615. The summed E-state index contributed by atoms with van der Waals surface area (Å²) in [4.78, 5) is 20.5. The standard InChI is InChI=1S/C16H17N3O5/c1-11-3-6-16(24-2)12(9-11)7-8-17-14-5-4-13(18(20)21)10-15(14)19(22)23/h3-6,9-10,17H,7-8H2,1-2H3. The van der Waals surface area contributed by atoms with E-state index in [2.05, 4.69) is 5.32 Å². The molecule has 126 valence electrons. The first kappa shape index (κ1) is 17.2. The maximum atomic E-state index is 11.1. The molecule has 2 aromatic carbocycles. The summed E-state index contributed by atoms with van der Waals surface area (Å²) < 4.78 is 5.30. The Kier molecular flexibility index (Phi) is 5.31. The predicted octanol–water partition coefficient (Wildman–Crippen LogP) is 3.47. The van der Waals surface area contributed by atoms with Gasteiger partial charge in [-0.25, -0.2) is 0 Å². The summed E-state index contributed by atoms with van der Waals surface area (Å²) >= 11 is 0. The van der Waals surface area contributed by atoms with Crippen LogP contribution in [0.25, 0.3) is 0 Å². The van der Waals surface area contributed by atoms with Gasteiger partial charge in [-0.05, 0) is 31.0 Å². The van der Waals surface area contributed by atoms with Gasteiger partial charge in [0.25, 0.3) is 11.4 Å². The van der Waals surface area contributed by atoms with E-state index in [0.29, 0.717) is 13.0 Å². The van der Waals surface area contributed by atoms with E-state index in [9.17, 15) is 20.2 Å². The van der Waals surface area contributed by atoms with E-state index in [-0.39, 0.29) is 17.1 Å². The molecule has 2 rings (SSSR count). The molecular formula is C16H17N3O5. The lowest BCUT2D eigenvalue weighted by atomic mass is 10.1. The molecule has 0 unspecified atom stereocenters. The van der Waals surface area contributed by atoms with Crippen molar-refractivity contribution in [3.8, 4) is 5.75 Å². The number of ether oxygens (including phenoxy) is 1. The van der Waals surface area contributed by atoms with Crippen molar-refractivity contribution in [1.29, 1.82) is 0 Å². The maximum Gasteiger partial charge on any atom is 0.299 e. The van der Waals surface area contributed by atoms with Gasteiger partial charge < -0.3 is 10.1 Å². The molecule has 0 fully saturated rings. The lowest BCUT2D eigenvalue weighted by Gasteiger charge is -2.11.